The molecule has 2 nitrogen and oxygen atoms in total. The lowest BCUT2D eigenvalue weighted by molar-refractivity contribution is 1.41. The number of hydrogen-bond acceptors (Lipinski definition) is 2. The largest absolute Gasteiger partial charge is 0.248 e. The zero-order valence-electron chi connectivity index (χ0n) is 25.1. The van der Waals surface area contributed by atoms with Crippen molar-refractivity contribution < 1.29 is 0 Å². The molecule has 0 aliphatic heterocycles. The highest BCUT2D eigenvalue weighted by Gasteiger charge is 2.20. The van der Waals surface area contributed by atoms with Crippen LogP contribution < -0.4 is 0 Å². The summed E-state index contributed by atoms with van der Waals surface area (Å²) in [6.07, 6.45) is 0. The van der Waals surface area contributed by atoms with E-state index >= 15 is 0 Å². The topological polar surface area (TPSA) is 25.8 Å². The lowest BCUT2D eigenvalue weighted by Gasteiger charge is -2.19. The Bertz CT molecular complexity index is 2580. The molecule has 0 aliphatic carbocycles. The summed E-state index contributed by atoms with van der Waals surface area (Å²) >= 11 is 0. The van der Waals surface area contributed by atoms with Gasteiger partial charge >= 0.3 is 0 Å². The summed E-state index contributed by atoms with van der Waals surface area (Å²) in [4.78, 5) is 10.4. The molecule has 46 heavy (non-hydrogen) atoms. The predicted molar refractivity (Wildman–Crippen MR) is 194 cm³/mol. The van der Waals surface area contributed by atoms with Crippen molar-refractivity contribution in [2.45, 2.75) is 0 Å². The summed E-state index contributed by atoms with van der Waals surface area (Å²) in [6.45, 7) is 0. The number of pyridine rings is 2. The van der Waals surface area contributed by atoms with Crippen LogP contribution in [0.3, 0.4) is 0 Å². The van der Waals surface area contributed by atoms with Gasteiger partial charge in [0.15, 0.2) is 0 Å². The Balaban J connectivity index is 1.39. The van der Waals surface area contributed by atoms with E-state index in [-0.39, 0.29) is 0 Å². The van der Waals surface area contributed by atoms with E-state index in [2.05, 4.69) is 170 Å². The maximum atomic E-state index is 5.24. The number of fused-ring (bicyclic) bond motifs is 4. The smallest absolute Gasteiger partial charge is 0.0722 e. The number of aromatic nitrogens is 2. The van der Waals surface area contributed by atoms with Gasteiger partial charge in [0, 0.05) is 21.9 Å². The molecule has 0 fully saturated rings. The average Bonchev–Trinajstić information content (AvgIpc) is 3.13. The first-order chi connectivity index (χ1) is 22.8. The third-order valence-corrected chi connectivity index (χ3v) is 9.06. The molecular weight excluding hydrogens is 556 g/mol. The summed E-state index contributed by atoms with van der Waals surface area (Å²) in [7, 11) is 0. The van der Waals surface area contributed by atoms with Gasteiger partial charge in [0.1, 0.15) is 0 Å². The molecule has 9 rings (SSSR count). The highest BCUT2D eigenvalue weighted by atomic mass is 14.7. The van der Waals surface area contributed by atoms with Crippen LogP contribution in [0.25, 0.3) is 88.1 Å². The van der Waals surface area contributed by atoms with Gasteiger partial charge in [-0.25, -0.2) is 9.97 Å². The van der Waals surface area contributed by atoms with Crippen molar-refractivity contribution in [3.63, 3.8) is 0 Å². The number of rotatable bonds is 4. The van der Waals surface area contributed by atoms with Crippen molar-refractivity contribution in [2.75, 3.05) is 0 Å². The van der Waals surface area contributed by atoms with Gasteiger partial charge in [0.05, 0.1) is 22.4 Å². The van der Waals surface area contributed by atoms with E-state index in [4.69, 9.17) is 9.97 Å². The van der Waals surface area contributed by atoms with E-state index in [1.807, 2.05) is 0 Å². The second-order valence-corrected chi connectivity index (χ2v) is 11.7. The lowest BCUT2D eigenvalue weighted by Crippen LogP contribution is -1.95. The maximum absolute atomic E-state index is 5.24. The van der Waals surface area contributed by atoms with Crippen molar-refractivity contribution in [2.24, 2.45) is 0 Å². The Hall–Kier alpha value is -6.12. The van der Waals surface area contributed by atoms with Gasteiger partial charge in [0.25, 0.3) is 0 Å². The van der Waals surface area contributed by atoms with Crippen LogP contribution >= 0.6 is 0 Å². The molecule has 7 aromatic carbocycles. The first-order valence-electron chi connectivity index (χ1n) is 15.7. The van der Waals surface area contributed by atoms with Crippen LogP contribution in [-0.4, -0.2) is 9.97 Å². The van der Waals surface area contributed by atoms with Gasteiger partial charge < -0.3 is 0 Å². The third-order valence-electron chi connectivity index (χ3n) is 9.06. The minimum atomic E-state index is 0.964. The number of benzene rings is 7. The number of nitrogens with zero attached hydrogens (tertiary/aromatic N) is 2. The zero-order chi connectivity index (χ0) is 30.5. The fraction of sp³-hybridized carbons (Fsp3) is 0. The van der Waals surface area contributed by atoms with Crippen LogP contribution in [0.2, 0.25) is 0 Å². The summed E-state index contributed by atoms with van der Waals surface area (Å²) in [6, 6.07) is 60.3. The maximum Gasteiger partial charge on any atom is 0.0722 e. The normalized spacial score (nSPS) is 11.5. The molecular formula is C44H28N2. The van der Waals surface area contributed by atoms with E-state index < -0.39 is 0 Å². The van der Waals surface area contributed by atoms with Crippen molar-refractivity contribution in [1.82, 2.24) is 9.97 Å². The second kappa shape index (κ2) is 10.8. The van der Waals surface area contributed by atoms with E-state index in [1.165, 1.54) is 27.6 Å². The van der Waals surface area contributed by atoms with E-state index in [0.717, 1.165) is 60.5 Å². The molecule has 2 heteroatoms. The number of hydrogen-bond donors (Lipinski definition) is 0. The minimum Gasteiger partial charge on any atom is -0.248 e. The van der Waals surface area contributed by atoms with E-state index in [1.54, 1.807) is 0 Å². The van der Waals surface area contributed by atoms with Crippen molar-refractivity contribution in [1.29, 1.82) is 0 Å². The van der Waals surface area contributed by atoms with Crippen LogP contribution in [0.15, 0.2) is 170 Å². The molecule has 0 atom stereocenters. The van der Waals surface area contributed by atoms with Crippen LogP contribution in [0.5, 0.6) is 0 Å². The molecule has 0 amide bonds. The fourth-order valence-corrected chi connectivity index (χ4v) is 6.91. The third kappa shape index (κ3) is 4.35. The molecule has 0 saturated carbocycles. The quantitative estimate of drug-likeness (QED) is 0.192. The van der Waals surface area contributed by atoms with Gasteiger partial charge in [-0.3, -0.25) is 0 Å². The molecule has 0 spiro atoms. The standard InChI is InChI=1S/C44H28N2/c1-2-12-29(13-3-1)33-16-6-7-17-34(33)32-22-25-37-38(28-32)44(42-27-24-31-15-5-11-21-40(31)46-42)36-19-9-8-18-35(36)43(37)41-26-23-30-14-4-10-20-39(30)45-41/h1-28H. The molecule has 2 aromatic heterocycles. The van der Waals surface area contributed by atoms with Gasteiger partial charge in [-0.05, 0) is 74.1 Å². The molecule has 0 saturated heterocycles. The minimum absolute atomic E-state index is 0.964. The average molecular weight is 585 g/mol. The second-order valence-electron chi connectivity index (χ2n) is 11.7. The van der Waals surface area contributed by atoms with E-state index in [9.17, 15) is 0 Å². The van der Waals surface area contributed by atoms with Crippen molar-refractivity contribution in [3.05, 3.63) is 170 Å². The van der Waals surface area contributed by atoms with Gasteiger partial charge in [0.2, 0.25) is 0 Å². The molecule has 0 bridgehead atoms. The predicted octanol–water partition coefficient (Wildman–Crippen LogP) is 11.8. The van der Waals surface area contributed by atoms with Gasteiger partial charge in [-0.2, -0.15) is 0 Å². The Morgan fingerprint density at radius 1 is 0.304 bits per heavy atom. The first-order valence-corrected chi connectivity index (χ1v) is 15.7. The molecule has 2 heterocycles. The Labute approximate surface area is 267 Å². The van der Waals surface area contributed by atoms with Crippen LogP contribution in [0, 0.1) is 0 Å². The number of para-hydroxylation sites is 2. The summed E-state index contributed by atoms with van der Waals surface area (Å²) in [5.74, 6) is 0. The molecule has 0 unspecified atom stereocenters. The highest BCUT2D eigenvalue weighted by molar-refractivity contribution is 6.21. The van der Waals surface area contributed by atoms with Crippen LogP contribution in [0.1, 0.15) is 0 Å². The highest BCUT2D eigenvalue weighted by Crippen LogP contribution is 2.45. The Kier molecular flexibility index (Phi) is 6.17. The molecule has 0 aliphatic rings. The fourth-order valence-electron chi connectivity index (χ4n) is 6.91. The molecule has 214 valence electrons. The first kappa shape index (κ1) is 26.3. The lowest BCUT2D eigenvalue weighted by atomic mass is 9.86. The molecule has 0 radical (unpaired) electrons. The summed E-state index contributed by atoms with van der Waals surface area (Å²) in [5, 5.41) is 6.92. The molecule has 0 N–H and O–H groups in total. The monoisotopic (exact) mass is 584 g/mol. The summed E-state index contributed by atoms with van der Waals surface area (Å²) in [5.41, 5.74) is 11.0. The zero-order valence-corrected chi connectivity index (χ0v) is 25.1. The molecule has 9 aromatic rings. The van der Waals surface area contributed by atoms with Crippen LogP contribution in [0.4, 0.5) is 0 Å². The Morgan fingerprint density at radius 3 is 1.41 bits per heavy atom. The van der Waals surface area contributed by atoms with E-state index in [0.29, 0.717) is 0 Å². The van der Waals surface area contributed by atoms with Crippen molar-refractivity contribution >= 4 is 43.4 Å². The summed E-state index contributed by atoms with van der Waals surface area (Å²) < 4.78 is 0. The SMILES string of the molecule is c1ccc(-c2ccccc2-c2ccc3c(-c4ccc5ccccc5n4)c4ccccc4c(-c4ccc5ccccc5n4)c3c2)cc1. The Morgan fingerprint density at radius 2 is 0.783 bits per heavy atom. The van der Waals surface area contributed by atoms with Crippen molar-refractivity contribution in [3.8, 4) is 44.8 Å². The van der Waals surface area contributed by atoms with Crippen LogP contribution in [-0.2, 0) is 0 Å². The van der Waals surface area contributed by atoms with Gasteiger partial charge in [-0.15, -0.1) is 0 Å². The van der Waals surface area contributed by atoms with Gasteiger partial charge in [-0.1, -0.05) is 140 Å².